The summed E-state index contributed by atoms with van der Waals surface area (Å²) in [7, 11) is 2.18. The lowest BCUT2D eigenvalue weighted by molar-refractivity contribution is 0.584. The van der Waals surface area contributed by atoms with E-state index in [1.807, 2.05) is 0 Å². The maximum Gasteiger partial charge on any atom is 0.0363 e. The molecule has 0 spiro atoms. The lowest BCUT2D eigenvalue weighted by atomic mass is 10.2. The van der Waals surface area contributed by atoms with Crippen LogP contribution in [0.2, 0.25) is 0 Å². The predicted molar refractivity (Wildman–Crippen MR) is 81.3 cm³/mol. The van der Waals surface area contributed by atoms with Gasteiger partial charge in [0.1, 0.15) is 0 Å². The van der Waals surface area contributed by atoms with Gasteiger partial charge in [0.05, 0.1) is 0 Å². The fourth-order valence-corrected chi connectivity index (χ4v) is 2.07. The molecule has 2 heteroatoms. The zero-order chi connectivity index (χ0) is 13.1. The molecule has 0 bridgehead atoms. The fourth-order valence-electron chi connectivity index (χ4n) is 2.07. The molecular formula is C16H28N2. The Balaban J connectivity index is 1.98. The first-order valence-electron chi connectivity index (χ1n) is 7.31. The summed E-state index contributed by atoms with van der Waals surface area (Å²) >= 11 is 0. The molecule has 0 heterocycles. The first-order chi connectivity index (χ1) is 8.84. The topological polar surface area (TPSA) is 15.3 Å². The van der Waals surface area contributed by atoms with Crippen molar-refractivity contribution in [2.75, 3.05) is 31.6 Å². The molecule has 0 aliphatic rings. The van der Waals surface area contributed by atoms with Crippen molar-refractivity contribution in [2.45, 2.75) is 39.0 Å². The van der Waals surface area contributed by atoms with Gasteiger partial charge < -0.3 is 10.2 Å². The third kappa shape index (κ3) is 6.65. The molecule has 1 aromatic rings. The molecule has 0 aromatic heterocycles. The lowest BCUT2D eigenvalue weighted by Crippen LogP contribution is -2.18. The Morgan fingerprint density at radius 3 is 2.39 bits per heavy atom. The second-order valence-corrected chi connectivity index (χ2v) is 4.92. The van der Waals surface area contributed by atoms with Crippen LogP contribution >= 0.6 is 0 Å². The average Bonchev–Trinajstić information content (AvgIpc) is 2.42. The minimum absolute atomic E-state index is 1.16. The maximum absolute atomic E-state index is 3.45. The zero-order valence-electron chi connectivity index (χ0n) is 12.0. The second-order valence-electron chi connectivity index (χ2n) is 4.92. The highest BCUT2D eigenvalue weighted by Gasteiger charge is 1.98. The first kappa shape index (κ1) is 15.0. The fraction of sp³-hybridized carbons (Fsp3) is 0.625. The monoisotopic (exact) mass is 248 g/mol. The molecule has 1 rings (SSSR count). The number of benzene rings is 1. The number of rotatable bonds is 10. The lowest BCUT2D eigenvalue weighted by Gasteiger charge is -2.18. The maximum atomic E-state index is 3.45. The number of unbranched alkanes of at least 4 members (excludes halogenated alkanes) is 3. The summed E-state index contributed by atoms with van der Waals surface area (Å²) in [6.07, 6.45) is 6.53. The highest BCUT2D eigenvalue weighted by atomic mass is 15.1. The molecule has 0 unspecified atom stereocenters. The van der Waals surface area contributed by atoms with E-state index in [0.717, 1.165) is 13.1 Å². The molecular weight excluding hydrogens is 220 g/mol. The number of para-hydroxylation sites is 1. The van der Waals surface area contributed by atoms with Crippen molar-refractivity contribution in [3.05, 3.63) is 30.3 Å². The van der Waals surface area contributed by atoms with Gasteiger partial charge in [0, 0.05) is 19.3 Å². The van der Waals surface area contributed by atoms with Crippen LogP contribution in [-0.2, 0) is 0 Å². The van der Waals surface area contributed by atoms with Crippen LogP contribution in [-0.4, -0.2) is 26.7 Å². The number of anilines is 1. The summed E-state index contributed by atoms with van der Waals surface area (Å²) in [5, 5.41) is 3.45. The van der Waals surface area contributed by atoms with Gasteiger partial charge in [-0.15, -0.1) is 0 Å². The largest absolute Gasteiger partial charge is 0.375 e. The quantitative estimate of drug-likeness (QED) is 0.635. The Morgan fingerprint density at radius 1 is 0.944 bits per heavy atom. The number of nitrogens with one attached hydrogen (secondary N) is 1. The third-order valence-electron chi connectivity index (χ3n) is 3.22. The third-order valence-corrected chi connectivity index (χ3v) is 3.22. The molecule has 2 nitrogen and oxygen atoms in total. The number of nitrogens with zero attached hydrogens (tertiary/aromatic N) is 1. The Labute approximate surface area is 112 Å². The molecule has 1 N–H and O–H groups in total. The molecule has 0 atom stereocenters. The van der Waals surface area contributed by atoms with Gasteiger partial charge in [-0.1, -0.05) is 38.0 Å². The van der Waals surface area contributed by atoms with Gasteiger partial charge in [0.2, 0.25) is 0 Å². The minimum Gasteiger partial charge on any atom is -0.375 e. The SMILES string of the molecule is CCCNCCCCCCN(C)c1ccccc1. The van der Waals surface area contributed by atoms with Gasteiger partial charge in [0.25, 0.3) is 0 Å². The van der Waals surface area contributed by atoms with E-state index in [4.69, 9.17) is 0 Å². The molecule has 102 valence electrons. The van der Waals surface area contributed by atoms with Crippen LogP contribution in [0.3, 0.4) is 0 Å². The summed E-state index contributed by atoms with van der Waals surface area (Å²) in [4.78, 5) is 2.34. The molecule has 0 aliphatic carbocycles. The summed E-state index contributed by atoms with van der Waals surface area (Å²) < 4.78 is 0. The van der Waals surface area contributed by atoms with E-state index in [-0.39, 0.29) is 0 Å². The number of hydrogen-bond donors (Lipinski definition) is 1. The Morgan fingerprint density at radius 2 is 1.67 bits per heavy atom. The van der Waals surface area contributed by atoms with Crippen LogP contribution in [0.5, 0.6) is 0 Å². The Hall–Kier alpha value is -1.02. The molecule has 0 aliphatic heterocycles. The molecule has 0 saturated heterocycles. The van der Waals surface area contributed by atoms with Crippen molar-refractivity contribution in [1.29, 1.82) is 0 Å². The van der Waals surface area contributed by atoms with Crippen LogP contribution in [0.15, 0.2) is 30.3 Å². The van der Waals surface area contributed by atoms with Crippen molar-refractivity contribution in [2.24, 2.45) is 0 Å². The summed E-state index contributed by atoms with van der Waals surface area (Å²) in [6, 6.07) is 10.6. The second kappa shape index (κ2) is 9.95. The van der Waals surface area contributed by atoms with Gasteiger partial charge in [-0.2, -0.15) is 0 Å². The minimum atomic E-state index is 1.16. The van der Waals surface area contributed by atoms with E-state index in [1.54, 1.807) is 0 Å². The summed E-state index contributed by atoms with van der Waals surface area (Å²) in [5.41, 5.74) is 1.32. The van der Waals surface area contributed by atoms with Gasteiger partial charge in [0.15, 0.2) is 0 Å². The molecule has 18 heavy (non-hydrogen) atoms. The van der Waals surface area contributed by atoms with Crippen LogP contribution in [0.4, 0.5) is 5.69 Å². The molecule has 0 saturated carbocycles. The molecule has 0 fully saturated rings. The van der Waals surface area contributed by atoms with E-state index < -0.39 is 0 Å². The van der Waals surface area contributed by atoms with Crippen molar-refractivity contribution < 1.29 is 0 Å². The standard InChI is InChI=1S/C16H28N2/c1-3-13-17-14-9-4-5-10-15-18(2)16-11-7-6-8-12-16/h6-8,11-12,17H,3-5,9-10,13-15H2,1-2H3. The molecule has 1 aromatic carbocycles. The number of hydrogen-bond acceptors (Lipinski definition) is 2. The summed E-state index contributed by atoms with van der Waals surface area (Å²) in [6.45, 7) is 5.72. The zero-order valence-corrected chi connectivity index (χ0v) is 12.0. The predicted octanol–water partition coefficient (Wildman–Crippen LogP) is 3.68. The van der Waals surface area contributed by atoms with Crippen LogP contribution < -0.4 is 10.2 Å². The van der Waals surface area contributed by atoms with Crippen LogP contribution in [0, 0.1) is 0 Å². The van der Waals surface area contributed by atoms with E-state index in [1.165, 1.54) is 44.3 Å². The van der Waals surface area contributed by atoms with Gasteiger partial charge in [-0.3, -0.25) is 0 Å². The van der Waals surface area contributed by atoms with Crippen molar-refractivity contribution >= 4 is 5.69 Å². The highest BCUT2D eigenvalue weighted by Crippen LogP contribution is 2.12. The van der Waals surface area contributed by atoms with E-state index in [9.17, 15) is 0 Å². The van der Waals surface area contributed by atoms with E-state index in [0.29, 0.717) is 0 Å². The van der Waals surface area contributed by atoms with Crippen LogP contribution in [0.25, 0.3) is 0 Å². The Kier molecular flexibility index (Phi) is 8.32. The first-order valence-corrected chi connectivity index (χ1v) is 7.31. The normalized spacial score (nSPS) is 10.6. The van der Waals surface area contributed by atoms with Crippen molar-refractivity contribution in [3.8, 4) is 0 Å². The van der Waals surface area contributed by atoms with E-state index >= 15 is 0 Å². The van der Waals surface area contributed by atoms with Gasteiger partial charge >= 0.3 is 0 Å². The Bertz CT molecular complexity index is 284. The molecule has 0 radical (unpaired) electrons. The highest BCUT2D eigenvalue weighted by molar-refractivity contribution is 5.44. The molecule has 0 amide bonds. The average molecular weight is 248 g/mol. The smallest absolute Gasteiger partial charge is 0.0363 e. The van der Waals surface area contributed by atoms with Gasteiger partial charge in [-0.05, 0) is 44.5 Å². The summed E-state index contributed by atoms with van der Waals surface area (Å²) in [5.74, 6) is 0. The van der Waals surface area contributed by atoms with Crippen LogP contribution in [0.1, 0.15) is 39.0 Å². The van der Waals surface area contributed by atoms with Crippen molar-refractivity contribution in [3.63, 3.8) is 0 Å². The van der Waals surface area contributed by atoms with E-state index in [2.05, 4.69) is 54.5 Å². The van der Waals surface area contributed by atoms with Crippen molar-refractivity contribution in [1.82, 2.24) is 5.32 Å². The van der Waals surface area contributed by atoms with Gasteiger partial charge in [-0.25, -0.2) is 0 Å².